The number of benzene rings is 1. The van der Waals surface area contributed by atoms with Crippen LogP contribution in [0.3, 0.4) is 0 Å². The third kappa shape index (κ3) is 3.86. The molecule has 0 bridgehead atoms. The molecule has 1 aromatic carbocycles. The molecule has 1 unspecified atom stereocenters. The molecule has 0 N–H and O–H groups in total. The fourth-order valence-corrected chi connectivity index (χ4v) is 3.88. The number of aromatic nitrogens is 2. The Morgan fingerprint density at radius 1 is 1.27 bits per heavy atom. The van der Waals surface area contributed by atoms with E-state index >= 15 is 0 Å². The first kappa shape index (κ1) is 17.4. The Labute approximate surface area is 158 Å². The fourth-order valence-electron chi connectivity index (χ4n) is 3.75. The molecule has 1 aromatic heterocycles. The van der Waals surface area contributed by atoms with Crippen LogP contribution in [-0.4, -0.2) is 58.0 Å². The summed E-state index contributed by atoms with van der Waals surface area (Å²) in [6.07, 6.45) is 5.47. The van der Waals surface area contributed by atoms with Crippen molar-refractivity contribution in [1.82, 2.24) is 19.4 Å². The maximum absolute atomic E-state index is 12.0. The third-order valence-electron chi connectivity index (χ3n) is 5.09. The number of rotatable bonds is 6. The van der Waals surface area contributed by atoms with Crippen molar-refractivity contribution in [2.45, 2.75) is 25.4 Å². The van der Waals surface area contributed by atoms with E-state index in [1.165, 1.54) is 5.69 Å². The molecule has 2 aliphatic rings. The van der Waals surface area contributed by atoms with Crippen LogP contribution < -0.4 is 4.74 Å². The third-order valence-corrected chi connectivity index (χ3v) is 5.34. The number of halogens is 1. The monoisotopic (exact) mass is 374 g/mol. The van der Waals surface area contributed by atoms with Crippen molar-refractivity contribution in [3.8, 4) is 5.75 Å². The van der Waals surface area contributed by atoms with Gasteiger partial charge in [0.15, 0.2) is 0 Å². The van der Waals surface area contributed by atoms with Gasteiger partial charge in [0.1, 0.15) is 12.4 Å². The van der Waals surface area contributed by atoms with Gasteiger partial charge in [-0.25, -0.2) is 4.98 Å². The number of carbonyl (C=O) groups excluding carboxylic acids is 1. The predicted molar refractivity (Wildman–Crippen MR) is 99.3 cm³/mol. The molecule has 1 amide bonds. The average molecular weight is 375 g/mol. The summed E-state index contributed by atoms with van der Waals surface area (Å²) in [6.45, 7) is 4.84. The van der Waals surface area contributed by atoms with Crippen LogP contribution in [-0.2, 0) is 11.3 Å². The summed E-state index contributed by atoms with van der Waals surface area (Å²) in [6, 6.07) is 7.68. The topological polar surface area (TPSA) is 50.6 Å². The Bertz CT molecular complexity index is 761. The lowest BCUT2D eigenvalue weighted by atomic mass is 10.1. The largest absolute Gasteiger partial charge is 0.492 e. The summed E-state index contributed by atoms with van der Waals surface area (Å²) in [5.41, 5.74) is 1.19. The van der Waals surface area contributed by atoms with Gasteiger partial charge >= 0.3 is 0 Å². The number of ether oxygens (including phenoxy) is 1. The molecule has 0 radical (unpaired) electrons. The molecule has 2 aliphatic heterocycles. The fraction of sp³-hybridized carbons (Fsp3) is 0.474. The standard InChI is InChI=1S/C19H23ClN4O2/c20-15-3-5-18(6-4-15)26-9-8-22-11-16-10-21-14-24(16)17(12-22)13-23-7-1-2-19(23)25/h3-6,10,14,17H,1-2,7-9,11-13H2. The first-order chi connectivity index (χ1) is 12.7. The molecule has 1 atom stereocenters. The van der Waals surface area contributed by atoms with Gasteiger partial charge in [-0.1, -0.05) is 11.6 Å². The van der Waals surface area contributed by atoms with Crippen molar-refractivity contribution in [1.29, 1.82) is 0 Å². The summed E-state index contributed by atoms with van der Waals surface area (Å²) in [4.78, 5) is 20.7. The van der Waals surface area contributed by atoms with Crippen LogP contribution in [0.2, 0.25) is 5.02 Å². The van der Waals surface area contributed by atoms with Gasteiger partial charge in [0.25, 0.3) is 0 Å². The highest BCUT2D eigenvalue weighted by Gasteiger charge is 2.29. The van der Waals surface area contributed by atoms with Gasteiger partial charge in [-0.2, -0.15) is 0 Å². The number of fused-ring (bicyclic) bond motifs is 1. The van der Waals surface area contributed by atoms with Crippen LogP contribution in [0, 0.1) is 0 Å². The zero-order valence-electron chi connectivity index (χ0n) is 14.7. The molecule has 3 heterocycles. The van der Waals surface area contributed by atoms with E-state index in [1.54, 1.807) is 0 Å². The Morgan fingerprint density at radius 2 is 2.12 bits per heavy atom. The summed E-state index contributed by atoms with van der Waals surface area (Å²) in [5, 5.41) is 0.709. The second-order valence-corrected chi connectivity index (χ2v) is 7.36. The molecule has 26 heavy (non-hydrogen) atoms. The quantitative estimate of drug-likeness (QED) is 0.779. The highest BCUT2D eigenvalue weighted by molar-refractivity contribution is 6.30. The highest BCUT2D eigenvalue weighted by atomic mass is 35.5. The van der Waals surface area contributed by atoms with Gasteiger partial charge in [0.05, 0.1) is 18.1 Å². The van der Waals surface area contributed by atoms with Crippen LogP contribution in [0.15, 0.2) is 36.8 Å². The number of nitrogens with zero attached hydrogens (tertiary/aromatic N) is 4. The van der Waals surface area contributed by atoms with Crippen molar-refractivity contribution in [3.63, 3.8) is 0 Å². The van der Waals surface area contributed by atoms with Gasteiger partial charge in [-0.3, -0.25) is 9.69 Å². The SMILES string of the molecule is O=C1CCCN1CC1CN(CCOc2ccc(Cl)cc2)Cc2cncn21. The van der Waals surface area contributed by atoms with E-state index in [2.05, 4.69) is 14.5 Å². The normalized spacial score (nSPS) is 20.4. The van der Waals surface area contributed by atoms with Crippen LogP contribution in [0.5, 0.6) is 5.75 Å². The van der Waals surface area contributed by atoms with Crippen molar-refractivity contribution in [3.05, 3.63) is 47.5 Å². The molecule has 1 saturated heterocycles. The average Bonchev–Trinajstić information content (AvgIpc) is 3.26. The minimum absolute atomic E-state index is 0.249. The first-order valence-corrected chi connectivity index (χ1v) is 9.46. The summed E-state index contributed by atoms with van der Waals surface area (Å²) in [7, 11) is 0. The lowest BCUT2D eigenvalue weighted by molar-refractivity contribution is -0.128. The number of hydrogen-bond acceptors (Lipinski definition) is 4. The zero-order valence-corrected chi connectivity index (χ0v) is 15.4. The molecular formula is C19H23ClN4O2. The molecule has 1 fully saturated rings. The second kappa shape index (κ2) is 7.68. The number of imidazole rings is 1. The molecule has 6 nitrogen and oxygen atoms in total. The van der Waals surface area contributed by atoms with Gasteiger partial charge in [-0.05, 0) is 30.7 Å². The van der Waals surface area contributed by atoms with Crippen LogP contribution in [0.4, 0.5) is 0 Å². The number of hydrogen-bond donors (Lipinski definition) is 0. The minimum Gasteiger partial charge on any atom is -0.492 e. The van der Waals surface area contributed by atoms with E-state index in [1.807, 2.05) is 41.7 Å². The smallest absolute Gasteiger partial charge is 0.222 e. The minimum atomic E-state index is 0.249. The number of likely N-dealkylation sites (tertiary alicyclic amines) is 1. The van der Waals surface area contributed by atoms with Crippen molar-refractivity contribution >= 4 is 17.5 Å². The van der Waals surface area contributed by atoms with E-state index in [0.29, 0.717) is 18.1 Å². The summed E-state index contributed by atoms with van der Waals surface area (Å²) >= 11 is 5.90. The molecule has 7 heteroatoms. The van der Waals surface area contributed by atoms with Crippen molar-refractivity contribution in [2.24, 2.45) is 0 Å². The first-order valence-electron chi connectivity index (χ1n) is 9.08. The molecule has 0 saturated carbocycles. The van der Waals surface area contributed by atoms with Gasteiger partial charge in [-0.15, -0.1) is 0 Å². The highest BCUT2D eigenvalue weighted by Crippen LogP contribution is 2.24. The maximum atomic E-state index is 12.0. The van der Waals surface area contributed by atoms with Crippen LogP contribution in [0.1, 0.15) is 24.6 Å². The van der Waals surface area contributed by atoms with E-state index in [9.17, 15) is 4.79 Å². The number of carbonyl (C=O) groups is 1. The molecule has 0 spiro atoms. The van der Waals surface area contributed by atoms with E-state index in [-0.39, 0.29) is 11.9 Å². The summed E-state index contributed by atoms with van der Waals surface area (Å²) < 4.78 is 8.06. The molecule has 0 aliphatic carbocycles. The molecule has 2 aromatic rings. The number of amides is 1. The Hall–Kier alpha value is -2.05. The lowest BCUT2D eigenvalue weighted by Gasteiger charge is -2.36. The molecule has 4 rings (SSSR count). The maximum Gasteiger partial charge on any atom is 0.222 e. The van der Waals surface area contributed by atoms with Gasteiger partial charge in [0.2, 0.25) is 5.91 Å². The van der Waals surface area contributed by atoms with Crippen molar-refractivity contribution in [2.75, 3.05) is 32.8 Å². The molecular weight excluding hydrogens is 352 g/mol. The van der Waals surface area contributed by atoms with Crippen LogP contribution >= 0.6 is 11.6 Å². The van der Waals surface area contributed by atoms with Crippen LogP contribution in [0.25, 0.3) is 0 Å². The Kier molecular flexibility index (Phi) is 5.13. The second-order valence-electron chi connectivity index (χ2n) is 6.93. The lowest BCUT2D eigenvalue weighted by Crippen LogP contribution is -2.43. The zero-order chi connectivity index (χ0) is 17.9. The van der Waals surface area contributed by atoms with Gasteiger partial charge in [0, 0.05) is 50.4 Å². The summed E-state index contributed by atoms with van der Waals surface area (Å²) in [5.74, 6) is 1.10. The van der Waals surface area contributed by atoms with E-state index < -0.39 is 0 Å². The van der Waals surface area contributed by atoms with Crippen molar-refractivity contribution < 1.29 is 9.53 Å². The predicted octanol–water partition coefficient (Wildman–Crippen LogP) is 2.59. The van der Waals surface area contributed by atoms with Gasteiger partial charge < -0.3 is 14.2 Å². The van der Waals surface area contributed by atoms with E-state index in [0.717, 1.165) is 44.9 Å². The molecule has 138 valence electrons. The Morgan fingerprint density at radius 3 is 2.88 bits per heavy atom. The Balaban J connectivity index is 1.35. The van der Waals surface area contributed by atoms with E-state index in [4.69, 9.17) is 16.3 Å².